The maximum absolute atomic E-state index is 12.7. The van der Waals surface area contributed by atoms with E-state index in [0.29, 0.717) is 29.2 Å². The van der Waals surface area contributed by atoms with E-state index in [-0.39, 0.29) is 12.2 Å². The zero-order chi connectivity index (χ0) is 25.4. The summed E-state index contributed by atoms with van der Waals surface area (Å²) in [6.07, 6.45) is 1.51. The van der Waals surface area contributed by atoms with Crippen molar-refractivity contribution in [3.8, 4) is 11.8 Å². The highest BCUT2D eigenvalue weighted by Crippen LogP contribution is 2.33. The Bertz CT molecular complexity index is 1270. The summed E-state index contributed by atoms with van der Waals surface area (Å²) in [6.45, 7) is 4.47. The molecule has 0 radical (unpaired) electrons. The molecule has 0 heterocycles. The van der Waals surface area contributed by atoms with Crippen molar-refractivity contribution in [3.05, 3.63) is 96.5 Å². The average Bonchev–Trinajstić information content (AvgIpc) is 2.83. The maximum Gasteiger partial charge on any atom is 0.338 e. The third kappa shape index (κ3) is 7.41. The SMILES string of the molecule is CCOC(=O)c1ccc(NC(=O)/C(C#N)=C/c2cc(Br)c(OCc3ccc(C)cc3)c(I)c2)cc1. The van der Waals surface area contributed by atoms with Gasteiger partial charge in [-0.3, -0.25) is 4.79 Å². The van der Waals surface area contributed by atoms with Crippen LogP contribution in [0.15, 0.2) is 70.7 Å². The monoisotopic (exact) mass is 644 g/mol. The number of benzene rings is 3. The van der Waals surface area contributed by atoms with E-state index >= 15 is 0 Å². The van der Waals surface area contributed by atoms with Gasteiger partial charge in [-0.2, -0.15) is 5.26 Å². The van der Waals surface area contributed by atoms with Crippen LogP contribution in [0.4, 0.5) is 5.69 Å². The predicted molar refractivity (Wildman–Crippen MR) is 147 cm³/mol. The molecule has 0 fully saturated rings. The molecule has 0 atom stereocenters. The smallest absolute Gasteiger partial charge is 0.338 e. The van der Waals surface area contributed by atoms with Gasteiger partial charge in [0.1, 0.15) is 24.0 Å². The molecule has 0 bridgehead atoms. The van der Waals surface area contributed by atoms with Crippen LogP contribution in [-0.2, 0) is 16.1 Å². The predicted octanol–water partition coefficient (Wildman–Crippen LogP) is 6.66. The van der Waals surface area contributed by atoms with Gasteiger partial charge in [0.2, 0.25) is 0 Å². The number of ether oxygens (including phenoxy) is 2. The summed E-state index contributed by atoms with van der Waals surface area (Å²) in [6, 6.07) is 20.0. The summed E-state index contributed by atoms with van der Waals surface area (Å²) in [7, 11) is 0. The lowest BCUT2D eigenvalue weighted by Crippen LogP contribution is -2.13. The quantitative estimate of drug-likeness (QED) is 0.128. The Kier molecular flexibility index (Phi) is 9.46. The molecule has 8 heteroatoms. The standard InChI is InChI=1S/C27H22BrIN2O4/c1-3-34-27(33)20-8-10-22(11-9-20)31-26(32)21(15-30)12-19-13-23(28)25(24(29)14-19)35-16-18-6-4-17(2)5-7-18/h4-14H,3,16H2,1-2H3,(H,31,32)/b21-12+. The molecule has 6 nitrogen and oxygen atoms in total. The number of carbonyl (C=O) groups excluding carboxylic acids is 2. The van der Waals surface area contributed by atoms with Crippen molar-refractivity contribution in [2.75, 3.05) is 11.9 Å². The molecule has 0 aromatic heterocycles. The number of hydrogen-bond acceptors (Lipinski definition) is 5. The molecule has 35 heavy (non-hydrogen) atoms. The Labute approximate surface area is 226 Å². The fourth-order valence-corrected chi connectivity index (χ4v) is 4.83. The van der Waals surface area contributed by atoms with E-state index in [9.17, 15) is 14.9 Å². The van der Waals surface area contributed by atoms with Gasteiger partial charge < -0.3 is 14.8 Å². The fourth-order valence-electron chi connectivity index (χ4n) is 3.06. The molecule has 0 saturated heterocycles. The molecule has 0 aliphatic carbocycles. The molecular weight excluding hydrogens is 623 g/mol. The fraction of sp³-hybridized carbons (Fsp3) is 0.148. The average molecular weight is 645 g/mol. The van der Waals surface area contributed by atoms with Crippen molar-refractivity contribution in [3.63, 3.8) is 0 Å². The molecule has 3 aromatic carbocycles. The number of carbonyl (C=O) groups is 2. The molecule has 1 N–H and O–H groups in total. The van der Waals surface area contributed by atoms with Crippen molar-refractivity contribution in [2.24, 2.45) is 0 Å². The molecule has 178 valence electrons. The van der Waals surface area contributed by atoms with E-state index in [1.54, 1.807) is 37.3 Å². The molecule has 3 aromatic rings. The lowest BCUT2D eigenvalue weighted by molar-refractivity contribution is -0.112. The highest BCUT2D eigenvalue weighted by Gasteiger charge is 2.14. The van der Waals surface area contributed by atoms with Gasteiger partial charge >= 0.3 is 5.97 Å². The first-order chi connectivity index (χ1) is 16.8. The minimum atomic E-state index is -0.554. The van der Waals surface area contributed by atoms with Crippen LogP contribution in [0, 0.1) is 21.8 Å². The third-order valence-electron chi connectivity index (χ3n) is 4.85. The highest BCUT2D eigenvalue weighted by atomic mass is 127. The lowest BCUT2D eigenvalue weighted by Gasteiger charge is -2.12. The van der Waals surface area contributed by atoms with Crippen molar-refractivity contribution in [1.29, 1.82) is 5.26 Å². The first kappa shape index (κ1) is 26.4. The number of rotatable bonds is 8. The van der Waals surface area contributed by atoms with E-state index in [0.717, 1.165) is 13.6 Å². The summed E-state index contributed by atoms with van der Waals surface area (Å²) in [5.74, 6) is -0.301. The highest BCUT2D eigenvalue weighted by molar-refractivity contribution is 14.1. The van der Waals surface area contributed by atoms with E-state index in [2.05, 4.69) is 43.8 Å². The van der Waals surface area contributed by atoms with Crippen LogP contribution in [0.25, 0.3) is 6.08 Å². The molecule has 0 unspecified atom stereocenters. The molecular formula is C27H22BrIN2O4. The van der Waals surface area contributed by atoms with Crippen LogP contribution in [0.3, 0.4) is 0 Å². The van der Waals surface area contributed by atoms with Crippen molar-refractivity contribution < 1.29 is 19.1 Å². The number of halogens is 2. The number of amides is 1. The first-order valence-corrected chi connectivity index (χ1v) is 12.6. The second-order valence-electron chi connectivity index (χ2n) is 7.51. The zero-order valence-corrected chi connectivity index (χ0v) is 22.8. The maximum atomic E-state index is 12.7. The molecule has 0 saturated carbocycles. The summed E-state index contributed by atoms with van der Waals surface area (Å²) < 4.78 is 12.5. The Balaban J connectivity index is 1.71. The van der Waals surface area contributed by atoms with Gasteiger partial charge in [-0.1, -0.05) is 29.8 Å². The minimum Gasteiger partial charge on any atom is -0.487 e. The topological polar surface area (TPSA) is 88.4 Å². The Morgan fingerprint density at radius 3 is 2.40 bits per heavy atom. The van der Waals surface area contributed by atoms with Gasteiger partial charge in [0.15, 0.2) is 0 Å². The molecule has 0 aliphatic rings. The number of hydrogen-bond donors (Lipinski definition) is 1. The summed E-state index contributed by atoms with van der Waals surface area (Å²) in [4.78, 5) is 24.4. The lowest BCUT2D eigenvalue weighted by atomic mass is 10.1. The number of aryl methyl sites for hydroxylation is 1. The van der Waals surface area contributed by atoms with Crippen LogP contribution < -0.4 is 10.1 Å². The number of esters is 1. The number of nitrogens with one attached hydrogen (secondary N) is 1. The largest absolute Gasteiger partial charge is 0.487 e. The molecule has 0 spiro atoms. The van der Waals surface area contributed by atoms with E-state index in [1.807, 2.05) is 43.3 Å². The Hall–Kier alpha value is -3.16. The van der Waals surface area contributed by atoms with Crippen LogP contribution in [-0.4, -0.2) is 18.5 Å². The van der Waals surface area contributed by atoms with Crippen molar-refractivity contribution in [1.82, 2.24) is 0 Å². The number of nitrogens with zero attached hydrogens (tertiary/aromatic N) is 1. The normalized spacial score (nSPS) is 10.9. The van der Waals surface area contributed by atoms with Gasteiger partial charge in [0.25, 0.3) is 5.91 Å². The van der Waals surface area contributed by atoms with Gasteiger partial charge in [-0.15, -0.1) is 0 Å². The minimum absolute atomic E-state index is 0.0597. The summed E-state index contributed by atoms with van der Waals surface area (Å²) >= 11 is 5.70. The second kappa shape index (κ2) is 12.5. The van der Waals surface area contributed by atoms with Crippen molar-refractivity contribution in [2.45, 2.75) is 20.5 Å². The molecule has 1 amide bonds. The number of anilines is 1. The van der Waals surface area contributed by atoms with Gasteiger partial charge in [-0.05, 0) is 106 Å². The van der Waals surface area contributed by atoms with Gasteiger partial charge in [-0.25, -0.2) is 4.79 Å². The van der Waals surface area contributed by atoms with E-state index in [1.165, 1.54) is 11.6 Å². The zero-order valence-electron chi connectivity index (χ0n) is 19.1. The van der Waals surface area contributed by atoms with Crippen LogP contribution in [0.2, 0.25) is 0 Å². The van der Waals surface area contributed by atoms with Crippen LogP contribution in [0.1, 0.15) is 34.0 Å². The van der Waals surface area contributed by atoms with Gasteiger partial charge in [0.05, 0.1) is 20.2 Å². The first-order valence-electron chi connectivity index (χ1n) is 10.7. The molecule has 3 rings (SSSR count). The van der Waals surface area contributed by atoms with Crippen LogP contribution >= 0.6 is 38.5 Å². The Morgan fingerprint density at radius 1 is 1.11 bits per heavy atom. The number of nitriles is 1. The third-order valence-corrected chi connectivity index (χ3v) is 6.24. The summed E-state index contributed by atoms with van der Waals surface area (Å²) in [5, 5.41) is 12.2. The van der Waals surface area contributed by atoms with Gasteiger partial charge in [0, 0.05) is 5.69 Å². The molecule has 0 aliphatic heterocycles. The summed E-state index contributed by atoms with van der Waals surface area (Å²) in [5.41, 5.74) is 3.70. The Morgan fingerprint density at radius 2 is 1.80 bits per heavy atom. The van der Waals surface area contributed by atoms with E-state index < -0.39 is 11.9 Å². The van der Waals surface area contributed by atoms with Crippen molar-refractivity contribution >= 4 is 62.2 Å². The second-order valence-corrected chi connectivity index (χ2v) is 9.53. The van der Waals surface area contributed by atoms with Crippen LogP contribution in [0.5, 0.6) is 5.75 Å². The van der Waals surface area contributed by atoms with E-state index in [4.69, 9.17) is 9.47 Å².